The number of hydrogen-bond acceptors (Lipinski definition) is 4. The molecule has 0 aromatic heterocycles. The lowest BCUT2D eigenvalue weighted by atomic mass is 10.2. The van der Waals surface area contributed by atoms with Gasteiger partial charge in [-0.3, -0.25) is 4.72 Å². The molecule has 0 aliphatic rings. The van der Waals surface area contributed by atoms with Crippen molar-refractivity contribution in [3.05, 3.63) is 29.6 Å². The van der Waals surface area contributed by atoms with Crippen LogP contribution in [0.15, 0.2) is 18.2 Å². The summed E-state index contributed by atoms with van der Waals surface area (Å²) in [5, 5.41) is 15.8. The molecule has 1 rings (SSSR count). The second kappa shape index (κ2) is 6.19. The molecule has 5 nitrogen and oxygen atoms in total. The number of halogens is 1. The zero-order valence-corrected chi connectivity index (χ0v) is 10.8. The zero-order chi connectivity index (χ0) is 14.5. The maximum absolute atomic E-state index is 13.6. The molecule has 0 bridgehead atoms. The summed E-state index contributed by atoms with van der Waals surface area (Å²) in [6.45, 7) is 0.844. The van der Waals surface area contributed by atoms with Gasteiger partial charge < -0.3 is 5.11 Å². The molecule has 0 radical (unpaired) electrons. The van der Waals surface area contributed by atoms with Crippen molar-refractivity contribution < 1.29 is 17.9 Å². The molecule has 100 valence electrons. The summed E-state index contributed by atoms with van der Waals surface area (Å²) in [4.78, 5) is 0. The molecular weight excluding hydrogens is 271 g/mol. The minimum Gasteiger partial charge on any atom is -0.384 e. The molecule has 1 aromatic carbocycles. The lowest BCUT2D eigenvalue weighted by molar-refractivity contribution is 0.350. The van der Waals surface area contributed by atoms with Crippen LogP contribution in [0.1, 0.15) is 12.5 Å². The predicted molar refractivity (Wildman–Crippen MR) is 68.0 cm³/mol. The molecule has 0 spiro atoms. The number of nitriles is 1. The Morgan fingerprint density at radius 1 is 1.53 bits per heavy atom. The number of sulfonamides is 1. The molecule has 0 saturated heterocycles. The molecule has 0 saturated carbocycles. The van der Waals surface area contributed by atoms with Gasteiger partial charge in [-0.15, -0.1) is 0 Å². The lowest BCUT2D eigenvalue weighted by Crippen LogP contribution is -2.24. The van der Waals surface area contributed by atoms with Crippen LogP contribution >= 0.6 is 0 Å². The zero-order valence-electron chi connectivity index (χ0n) is 10.0. The first-order valence-electron chi connectivity index (χ1n) is 5.21. The van der Waals surface area contributed by atoms with Gasteiger partial charge in [0, 0.05) is 5.56 Å². The number of hydrogen-bond donors (Lipinski definition) is 2. The molecule has 1 aromatic rings. The fourth-order valence-corrected chi connectivity index (χ4v) is 1.92. The predicted octanol–water partition coefficient (Wildman–Crippen LogP) is 0.823. The summed E-state index contributed by atoms with van der Waals surface area (Å²) in [5.41, 5.74) is 0.0551. The first kappa shape index (κ1) is 15.0. The van der Waals surface area contributed by atoms with E-state index < -0.39 is 21.1 Å². The van der Waals surface area contributed by atoms with E-state index >= 15 is 0 Å². The molecule has 1 unspecified atom stereocenters. The van der Waals surface area contributed by atoms with Gasteiger partial charge in [-0.25, -0.2) is 12.8 Å². The Hall–Kier alpha value is -2.09. The van der Waals surface area contributed by atoms with Crippen molar-refractivity contribution in [2.24, 2.45) is 0 Å². The van der Waals surface area contributed by atoms with Gasteiger partial charge in [0.25, 0.3) is 0 Å². The molecule has 19 heavy (non-hydrogen) atoms. The normalized spacial score (nSPS) is 11.9. The Balaban J connectivity index is 3.03. The maximum atomic E-state index is 13.6. The second-order valence-corrected chi connectivity index (χ2v) is 5.57. The van der Waals surface area contributed by atoms with Gasteiger partial charge >= 0.3 is 0 Å². The van der Waals surface area contributed by atoms with Crippen LogP contribution in [0.25, 0.3) is 0 Å². The summed E-state index contributed by atoms with van der Waals surface area (Å²) in [7, 11) is -3.94. The van der Waals surface area contributed by atoms with Crippen molar-refractivity contribution in [2.75, 3.05) is 11.3 Å². The lowest BCUT2D eigenvalue weighted by Gasteiger charge is -2.10. The summed E-state index contributed by atoms with van der Waals surface area (Å²) < 4.78 is 38.8. The number of nitrogens with zero attached hydrogens (tertiary/aromatic N) is 1. The van der Waals surface area contributed by atoms with E-state index in [-0.39, 0.29) is 12.3 Å². The monoisotopic (exact) mass is 282 g/mol. The Labute approximate surface area is 110 Å². The fourth-order valence-electron chi connectivity index (χ4n) is 1.13. The van der Waals surface area contributed by atoms with E-state index in [2.05, 4.69) is 11.8 Å². The highest BCUT2D eigenvalue weighted by Crippen LogP contribution is 2.18. The van der Waals surface area contributed by atoms with Crippen LogP contribution in [0.5, 0.6) is 0 Å². The van der Waals surface area contributed by atoms with Crippen molar-refractivity contribution >= 4 is 15.7 Å². The van der Waals surface area contributed by atoms with Crippen molar-refractivity contribution in [3.63, 3.8) is 0 Å². The molecule has 7 heteroatoms. The van der Waals surface area contributed by atoms with E-state index in [9.17, 15) is 12.8 Å². The van der Waals surface area contributed by atoms with Crippen molar-refractivity contribution in [1.29, 1.82) is 5.26 Å². The standard InChI is InChI=1S/C12H11FN2O3S/c1-9(8-14)19(17,18)15-12-5-4-10(3-2-6-16)7-11(12)13/h4-5,7,9,15-16H,6H2,1H3. The topological polar surface area (TPSA) is 90.2 Å². The smallest absolute Gasteiger partial charge is 0.248 e. The maximum Gasteiger partial charge on any atom is 0.248 e. The van der Waals surface area contributed by atoms with Crippen LogP contribution in [0, 0.1) is 29.0 Å². The first-order chi connectivity index (χ1) is 8.90. The first-order valence-corrected chi connectivity index (χ1v) is 6.76. The Morgan fingerprint density at radius 3 is 2.74 bits per heavy atom. The summed E-state index contributed by atoms with van der Waals surface area (Å²) >= 11 is 0. The van der Waals surface area contributed by atoms with E-state index in [1.165, 1.54) is 19.1 Å². The van der Waals surface area contributed by atoms with E-state index in [0.717, 1.165) is 6.07 Å². The molecule has 0 heterocycles. The third-order valence-corrected chi connectivity index (χ3v) is 3.72. The van der Waals surface area contributed by atoms with Crippen LogP contribution in [-0.2, 0) is 10.0 Å². The Bertz CT molecular complexity index is 668. The summed E-state index contributed by atoms with van der Waals surface area (Å²) in [5.74, 6) is 4.03. The van der Waals surface area contributed by atoms with Gasteiger partial charge in [-0.05, 0) is 25.1 Å². The number of aliphatic hydroxyl groups excluding tert-OH is 1. The van der Waals surface area contributed by atoms with Gasteiger partial charge in [0.05, 0.1) is 11.8 Å². The number of benzene rings is 1. The van der Waals surface area contributed by atoms with E-state index in [1.807, 2.05) is 4.72 Å². The van der Waals surface area contributed by atoms with Crippen molar-refractivity contribution in [2.45, 2.75) is 12.2 Å². The van der Waals surface area contributed by atoms with Crippen LogP contribution in [0.3, 0.4) is 0 Å². The van der Waals surface area contributed by atoms with E-state index in [1.54, 1.807) is 6.07 Å². The molecule has 0 amide bonds. The third kappa shape index (κ3) is 3.95. The number of aliphatic hydroxyl groups is 1. The van der Waals surface area contributed by atoms with E-state index in [0.29, 0.717) is 5.56 Å². The number of nitrogens with one attached hydrogen (secondary N) is 1. The van der Waals surface area contributed by atoms with Crippen molar-refractivity contribution in [3.8, 4) is 17.9 Å². The SMILES string of the molecule is CC(C#N)S(=O)(=O)Nc1ccc(C#CCO)cc1F. The van der Waals surface area contributed by atoms with Crippen molar-refractivity contribution in [1.82, 2.24) is 0 Å². The highest BCUT2D eigenvalue weighted by Gasteiger charge is 2.21. The third-order valence-electron chi connectivity index (χ3n) is 2.18. The number of rotatable bonds is 3. The highest BCUT2D eigenvalue weighted by atomic mass is 32.2. The van der Waals surface area contributed by atoms with E-state index in [4.69, 9.17) is 10.4 Å². The molecule has 0 fully saturated rings. The van der Waals surface area contributed by atoms with Crippen LogP contribution in [-0.4, -0.2) is 25.4 Å². The average molecular weight is 282 g/mol. The number of anilines is 1. The quantitative estimate of drug-likeness (QED) is 0.803. The molecular formula is C12H11FN2O3S. The molecule has 0 aliphatic heterocycles. The Kier molecular flexibility index (Phi) is 4.87. The van der Waals surface area contributed by atoms with Crippen LogP contribution < -0.4 is 4.72 Å². The summed E-state index contributed by atoms with van der Waals surface area (Å²) in [6.07, 6.45) is 0. The van der Waals surface area contributed by atoms with Crippen LogP contribution in [0.2, 0.25) is 0 Å². The van der Waals surface area contributed by atoms with Gasteiger partial charge in [-0.2, -0.15) is 5.26 Å². The molecule has 1 atom stereocenters. The second-order valence-electron chi connectivity index (χ2n) is 3.57. The van der Waals surface area contributed by atoms with Gasteiger partial charge in [0.2, 0.25) is 10.0 Å². The largest absolute Gasteiger partial charge is 0.384 e. The van der Waals surface area contributed by atoms with Gasteiger partial charge in [0.15, 0.2) is 5.25 Å². The van der Waals surface area contributed by atoms with Gasteiger partial charge in [-0.1, -0.05) is 11.8 Å². The minimum atomic E-state index is -3.94. The highest BCUT2D eigenvalue weighted by molar-refractivity contribution is 7.93. The molecule has 0 aliphatic carbocycles. The average Bonchev–Trinajstić information content (AvgIpc) is 2.38. The summed E-state index contributed by atoms with van der Waals surface area (Å²) in [6, 6.07) is 5.21. The Morgan fingerprint density at radius 2 is 2.21 bits per heavy atom. The van der Waals surface area contributed by atoms with Crippen LogP contribution in [0.4, 0.5) is 10.1 Å². The minimum absolute atomic E-state index is 0.253. The van der Waals surface area contributed by atoms with Gasteiger partial charge in [0.1, 0.15) is 12.4 Å². The fraction of sp³-hybridized carbons (Fsp3) is 0.250. The molecule has 2 N–H and O–H groups in total.